The topological polar surface area (TPSA) is 67.4 Å². The molecule has 6 nitrogen and oxygen atoms in total. The van der Waals surface area contributed by atoms with Gasteiger partial charge in [-0.05, 0) is 83.1 Å². The van der Waals surface area contributed by atoms with Crippen LogP contribution in [-0.4, -0.2) is 34.8 Å². The quantitative estimate of drug-likeness (QED) is 0.687. The Bertz CT molecular complexity index is 876. The normalized spacial score (nSPS) is 16.0. The maximum Gasteiger partial charge on any atom is 0.407 e. The Morgan fingerprint density at radius 1 is 1.30 bits per heavy atom. The number of aryl methyl sites for hydroxylation is 3. The zero-order valence-corrected chi connectivity index (χ0v) is 18.9. The third-order valence-corrected chi connectivity index (χ3v) is 5.25. The molecule has 1 atom stereocenters. The number of ether oxygens (including phenoxy) is 1. The number of pyridine rings is 2. The summed E-state index contributed by atoms with van der Waals surface area (Å²) < 4.78 is 5.34. The van der Waals surface area contributed by atoms with Gasteiger partial charge in [-0.2, -0.15) is 0 Å². The molecule has 30 heavy (non-hydrogen) atoms. The number of nitrogens with one attached hydrogen (secondary N) is 1. The molecule has 1 aliphatic carbocycles. The van der Waals surface area contributed by atoms with Crippen molar-refractivity contribution in [3.63, 3.8) is 0 Å². The van der Waals surface area contributed by atoms with E-state index in [-0.39, 0.29) is 12.1 Å². The van der Waals surface area contributed by atoms with E-state index in [2.05, 4.69) is 36.2 Å². The van der Waals surface area contributed by atoms with Crippen LogP contribution in [0.4, 0.5) is 10.6 Å². The minimum absolute atomic E-state index is 0.199. The summed E-state index contributed by atoms with van der Waals surface area (Å²) in [7, 11) is 0. The molecular weight excluding hydrogens is 376 g/mol. The molecular formula is C24H34N4O2. The summed E-state index contributed by atoms with van der Waals surface area (Å²) in [4.78, 5) is 23.8. The molecule has 2 aromatic heterocycles. The van der Waals surface area contributed by atoms with Crippen molar-refractivity contribution in [1.29, 1.82) is 0 Å². The summed E-state index contributed by atoms with van der Waals surface area (Å²) in [5.74, 6) is 1.00. The number of anilines is 1. The van der Waals surface area contributed by atoms with Crippen LogP contribution in [0.3, 0.4) is 0 Å². The minimum Gasteiger partial charge on any atom is -0.444 e. The molecule has 3 rings (SSSR count). The Kier molecular flexibility index (Phi) is 6.95. The van der Waals surface area contributed by atoms with Gasteiger partial charge in [0.1, 0.15) is 11.4 Å². The van der Waals surface area contributed by atoms with Crippen molar-refractivity contribution in [2.75, 3.05) is 18.0 Å². The maximum absolute atomic E-state index is 12.0. The van der Waals surface area contributed by atoms with Crippen LogP contribution in [0.15, 0.2) is 30.6 Å². The number of rotatable bonds is 6. The smallest absolute Gasteiger partial charge is 0.407 e. The third kappa shape index (κ3) is 5.71. The third-order valence-electron chi connectivity index (χ3n) is 5.25. The molecule has 6 heteroatoms. The van der Waals surface area contributed by atoms with Crippen molar-refractivity contribution in [2.24, 2.45) is 0 Å². The number of hydrogen-bond donors (Lipinski definition) is 1. The lowest BCUT2D eigenvalue weighted by atomic mass is 9.90. The molecule has 1 N–H and O–H groups in total. The van der Waals surface area contributed by atoms with Crippen molar-refractivity contribution in [1.82, 2.24) is 15.3 Å². The molecule has 1 amide bonds. The first kappa shape index (κ1) is 22.1. The van der Waals surface area contributed by atoms with Gasteiger partial charge in [-0.25, -0.2) is 9.78 Å². The van der Waals surface area contributed by atoms with E-state index in [1.807, 2.05) is 39.2 Å². The molecule has 1 aliphatic rings. The van der Waals surface area contributed by atoms with E-state index >= 15 is 0 Å². The van der Waals surface area contributed by atoms with Crippen LogP contribution < -0.4 is 10.2 Å². The molecule has 0 aromatic carbocycles. The molecule has 2 aromatic rings. The lowest BCUT2D eigenvalue weighted by Crippen LogP contribution is -2.37. The van der Waals surface area contributed by atoms with Gasteiger partial charge in [-0.15, -0.1) is 0 Å². The SMILES string of the molecule is Cc1cnc(N(CCCNC(=O)OC(C)(C)C)C2CCCc3cccnc32)c(C)c1. The predicted octanol–water partition coefficient (Wildman–Crippen LogP) is 4.89. The molecule has 0 aliphatic heterocycles. The Morgan fingerprint density at radius 2 is 2.10 bits per heavy atom. The van der Waals surface area contributed by atoms with Gasteiger partial charge < -0.3 is 15.0 Å². The number of amides is 1. The molecule has 162 valence electrons. The number of carbonyl (C=O) groups excluding carboxylic acids is 1. The lowest BCUT2D eigenvalue weighted by molar-refractivity contribution is 0.0527. The molecule has 0 radical (unpaired) electrons. The van der Waals surface area contributed by atoms with E-state index in [4.69, 9.17) is 14.7 Å². The van der Waals surface area contributed by atoms with Crippen molar-refractivity contribution >= 4 is 11.9 Å². The van der Waals surface area contributed by atoms with E-state index in [1.54, 1.807) is 0 Å². The van der Waals surface area contributed by atoms with E-state index in [0.717, 1.165) is 54.9 Å². The van der Waals surface area contributed by atoms with Crippen LogP contribution >= 0.6 is 0 Å². The Labute approximate surface area is 180 Å². The summed E-state index contributed by atoms with van der Waals surface area (Å²) in [6, 6.07) is 6.58. The van der Waals surface area contributed by atoms with Gasteiger partial charge in [0.05, 0.1) is 11.7 Å². The van der Waals surface area contributed by atoms with Crippen molar-refractivity contribution in [3.05, 3.63) is 53.0 Å². The van der Waals surface area contributed by atoms with Gasteiger partial charge in [0.15, 0.2) is 0 Å². The fourth-order valence-corrected chi connectivity index (χ4v) is 4.06. The number of carbonyl (C=O) groups is 1. The maximum atomic E-state index is 12.0. The van der Waals surface area contributed by atoms with E-state index in [0.29, 0.717) is 6.54 Å². The first-order valence-electron chi connectivity index (χ1n) is 10.8. The van der Waals surface area contributed by atoms with Crippen molar-refractivity contribution in [2.45, 2.75) is 71.9 Å². The average Bonchev–Trinajstić information content (AvgIpc) is 2.67. The highest BCUT2D eigenvalue weighted by Gasteiger charge is 2.28. The van der Waals surface area contributed by atoms with E-state index in [9.17, 15) is 4.79 Å². The zero-order chi connectivity index (χ0) is 21.7. The highest BCUT2D eigenvalue weighted by Crippen LogP contribution is 2.36. The Hall–Kier alpha value is -2.63. The van der Waals surface area contributed by atoms with E-state index < -0.39 is 5.60 Å². The van der Waals surface area contributed by atoms with Crippen molar-refractivity contribution in [3.8, 4) is 0 Å². The van der Waals surface area contributed by atoms with Gasteiger partial charge in [0.25, 0.3) is 0 Å². The second-order valence-corrected chi connectivity index (χ2v) is 9.08. The average molecular weight is 411 g/mol. The van der Waals surface area contributed by atoms with Gasteiger partial charge in [0, 0.05) is 25.5 Å². The largest absolute Gasteiger partial charge is 0.444 e. The van der Waals surface area contributed by atoms with Crippen molar-refractivity contribution < 1.29 is 9.53 Å². The molecule has 0 saturated heterocycles. The molecule has 0 fully saturated rings. The summed E-state index contributed by atoms with van der Waals surface area (Å²) in [6.07, 6.45) is 7.51. The fourth-order valence-electron chi connectivity index (χ4n) is 4.06. The van der Waals surface area contributed by atoms with E-state index in [1.165, 1.54) is 5.56 Å². The fraction of sp³-hybridized carbons (Fsp3) is 0.542. The van der Waals surface area contributed by atoms with Crippen LogP contribution in [0, 0.1) is 13.8 Å². The van der Waals surface area contributed by atoms with Crippen LogP contribution in [0.25, 0.3) is 0 Å². The van der Waals surface area contributed by atoms with Gasteiger partial charge >= 0.3 is 6.09 Å². The number of fused-ring (bicyclic) bond motifs is 1. The molecule has 1 unspecified atom stereocenters. The highest BCUT2D eigenvalue weighted by atomic mass is 16.6. The standard InChI is InChI=1S/C24H34N4O2/c1-17-15-18(2)22(27-16-17)28(14-8-13-26-23(29)30-24(3,4)5)20-11-6-9-19-10-7-12-25-21(19)20/h7,10,12,15-16,20H,6,8-9,11,13-14H2,1-5H3,(H,26,29). The number of nitrogens with zero attached hydrogens (tertiary/aromatic N) is 3. The second kappa shape index (κ2) is 9.45. The Balaban J connectivity index is 1.76. The number of alkyl carbamates (subject to hydrolysis) is 1. The zero-order valence-electron chi connectivity index (χ0n) is 18.9. The van der Waals surface area contributed by atoms with Gasteiger partial charge in [0.2, 0.25) is 0 Å². The van der Waals surface area contributed by atoms with Crippen LogP contribution in [0.5, 0.6) is 0 Å². The first-order chi connectivity index (χ1) is 14.2. The second-order valence-electron chi connectivity index (χ2n) is 9.08. The summed E-state index contributed by atoms with van der Waals surface area (Å²) in [6.45, 7) is 11.1. The summed E-state index contributed by atoms with van der Waals surface area (Å²) in [5.41, 5.74) is 4.32. The summed E-state index contributed by atoms with van der Waals surface area (Å²) >= 11 is 0. The summed E-state index contributed by atoms with van der Waals surface area (Å²) in [5, 5.41) is 2.87. The number of aromatic nitrogens is 2. The highest BCUT2D eigenvalue weighted by molar-refractivity contribution is 5.67. The number of hydrogen-bond acceptors (Lipinski definition) is 5. The van der Waals surface area contributed by atoms with Crippen LogP contribution in [0.1, 0.15) is 68.5 Å². The monoisotopic (exact) mass is 410 g/mol. The first-order valence-corrected chi connectivity index (χ1v) is 10.8. The molecule has 0 saturated carbocycles. The van der Waals surface area contributed by atoms with Crippen LogP contribution in [-0.2, 0) is 11.2 Å². The van der Waals surface area contributed by atoms with Gasteiger partial charge in [-0.1, -0.05) is 12.1 Å². The molecule has 2 heterocycles. The predicted molar refractivity (Wildman–Crippen MR) is 120 cm³/mol. The lowest BCUT2D eigenvalue weighted by Gasteiger charge is -2.36. The Morgan fingerprint density at radius 3 is 2.83 bits per heavy atom. The van der Waals surface area contributed by atoms with Crippen LogP contribution in [0.2, 0.25) is 0 Å². The minimum atomic E-state index is -0.490. The molecule has 0 bridgehead atoms. The van der Waals surface area contributed by atoms with Gasteiger partial charge in [-0.3, -0.25) is 4.98 Å². The molecule has 0 spiro atoms.